The SMILES string of the molecule is Cc1ccc(-c2cc(C(=O)N[C@@H](C)CO)cc(-n3nc(C)nc3C(C)C)c2)cc1. The number of nitrogens with zero attached hydrogens (tertiary/aromatic N) is 3. The van der Waals surface area contributed by atoms with Crippen LogP contribution in [-0.4, -0.2) is 38.4 Å². The molecule has 0 spiro atoms. The topological polar surface area (TPSA) is 80.0 Å². The number of carbonyl (C=O) groups is 1. The lowest BCUT2D eigenvalue weighted by Gasteiger charge is -2.15. The summed E-state index contributed by atoms with van der Waals surface area (Å²) >= 11 is 0. The van der Waals surface area contributed by atoms with Crippen molar-refractivity contribution in [3.63, 3.8) is 0 Å². The van der Waals surface area contributed by atoms with Gasteiger partial charge in [-0.15, -0.1) is 0 Å². The molecule has 3 rings (SSSR count). The van der Waals surface area contributed by atoms with Gasteiger partial charge in [-0.05, 0) is 50.1 Å². The molecule has 3 aromatic rings. The van der Waals surface area contributed by atoms with E-state index in [1.807, 2.05) is 48.9 Å². The zero-order chi connectivity index (χ0) is 21.1. The number of hydrogen-bond acceptors (Lipinski definition) is 4. The van der Waals surface area contributed by atoms with Crippen molar-refractivity contribution in [1.29, 1.82) is 0 Å². The Morgan fingerprint density at radius 3 is 2.38 bits per heavy atom. The van der Waals surface area contributed by atoms with Crippen LogP contribution in [0, 0.1) is 13.8 Å². The Morgan fingerprint density at radius 1 is 1.07 bits per heavy atom. The van der Waals surface area contributed by atoms with E-state index >= 15 is 0 Å². The average Bonchev–Trinajstić information content (AvgIpc) is 3.10. The molecule has 1 heterocycles. The van der Waals surface area contributed by atoms with Crippen molar-refractivity contribution < 1.29 is 9.90 Å². The fraction of sp³-hybridized carbons (Fsp3) is 0.348. The Morgan fingerprint density at radius 2 is 1.76 bits per heavy atom. The molecule has 1 aromatic heterocycles. The van der Waals surface area contributed by atoms with Gasteiger partial charge in [-0.25, -0.2) is 9.67 Å². The molecular formula is C23H28N4O2. The van der Waals surface area contributed by atoms with E-state index in [4.69, 9.17) is 0 Å². The molecule has 0 aliphatic carbocycles. The van der Waals surface area contributed by atoms with Gasteiger partial charge >= 0.3 is 0 Å². The van der Waals surface area contributed by atoms with Gasteiger partial charge < -0.3 is 10.4 Å². The van der Waals surface area contributed by atoms with E-state index < -0.39 is 0 Å². The molecule has 1 amide bonds. The fourth-order valence-electron chi connectivity index (χ4n) is 3.13. The number of rotatable bonds is 6. The first-order chi connectivity index (χ1) is 13.8. The van der Waals surface area contributed by atoms with E-state index in [1.165, 1.54) is 5.56 Å². The number of carbonyl (C=O) groups excluding carboxylic acids is 1. The predicted octanol–water partition coefficient (Wildman–Crippen LogP) is 3.79. The molecule has 0 aliphatic rings. The maximum atomic E-state index is 12.8. The third-order valence-corrected chi connectivity index (χ3v) is 4.72. The van der Waals surface area contributed by atoms with Crippen molar-refractivity contribution in [2.45, 2.75) is 46.6 Å². The first-order valence-corrected chi connectivity index (χ1v) is 9.86. The summed E-state index contributed by atoms with van der Waals surface area (Å²) in [6.07, 6.45) is 0. The minimum absolute atomic E-state index is 0.115. The third kappa shape index (κ3) is 4.71. The van der Waals surface area contributed by atoms with Gasteiger partial charge in [0.1, 0.15) is 11.6 Å². The standard InChI is InChI=1S/C23H28N4O2/c1-14(2)22-25-17(5)26-27(22)21-11-19(18-8-6-15(3)7-9-18)10-20(12-21)23(29)24-16(4)13-28/h6-12,14,16,28H,13H2,1-5H3,(H,24,29)/t16-/m0/s1. The third-order valence-electron chi connectivity index (χ3n) is 4.72. The zero-order valence-corrected chi connectivity index (χ0v) is 17.6. The van der Waals surface area contributed by atoms with Crippen LogP contribution in [0.1, 0.15) is 54.3 Å². The molecule has 0 unspecified atom stereocenters. The summed E-state index contributed by atoms with van der Waals surface area (Å²) < 4.78 is 1.81. The van der Waals surface area contributed by atoms with E-state index in [9.17, 15) is 9.90 Å². The van der Waals surface area contributed by atoms with Crippen LogP contribution in [0.2, 0.25) is 0 Å². The fourth-order valence-corrected chi connectivity index (χ4v) is 3.13. The van der Waals surface area contributed by atoms with Crippen molar-refractivity contribution in [2.75, 3.05) is 6.61 Å². The Kier molecular flexibility index (Phi) is 6.13. The van der Waals surface area contributed by atoms with Crippen molar-refractivity contribution >= 4 is 5.91 Å². The molecule has 0 radical (unpaired) electrons. The summed E-state index contributed by atoms with van der Waals surface area (Å²) in [4.78, 5) is 17.3. The van der Waals surface area contributed by atoms with Crippen LogP contribution in [0.25, 0.3) is 16.8 Å². The average molecular weight is 393 g/mol. The second-order valence-electron chi connectivity index (χ2n) is 7.78. The van der Waals surface area contributed by atoms with Crippen molar-refractivity contribution in [1.82, 2.24) is 20.1 Å². The lowest BCUT2D eigenvalue weighted by molar-refractivity contribution is 0.0922. The highest BCUT2D eigenvalue weighted by molar-refractivity contribution is 5.96. The normalized spacial score (nSPS) is 12.2. The van der Waals surface area contributed by atoms with Gasteiger partial charge in [-0.1, -0.05) is 43.7 Å². The van der Waals surface area contributed by atoms with Gasteiger partial charge in [-0.2, -0.15) is 5.10 Å². The molecule has 29 heavy (non-hydrogen) atoms. The highest BCUT2D eigenvalue weighted by Crippen LogP contribution is 2.26. The van der Waals surface area contributed by atoms with Crippen LogP contribution in [0.4, 0.5) is 0 Å². The molecule has 2 aromatic carbocycles. The van der Waals surface area contributed by atoms with Gasteiger partial charge in [-0.3, -0.25) is 4.79 Å². The number of amides is 1. The van der Waals surface area contributed by atoms with Gasteiger partial charge in [0.25, 0.3) is 5.91 Å². The number of nitrogens with one attached hydrogen (secondary N) is 1. The largest absolute Gasteiger partial charge is 0.394 e. The molecule has 2 N–H and O–H groups in total. The summed E-state index contributed by atoms with van der Waals surface area (Å²) in [6, 6.07) is 13.6. The van der Waals surface area contributed by atoms with Crippen LogP contribution >= 0.6 is 0 Å². The Hall–Kier alpha value is -2.99. The maximum Gasteiger partial charge on any atom is 0.251 e. The highest BCUT2D eigenvalue weighted by atomic mass is 16.3. The number of aromatic nitrogens is 3. The van der Waals surface area contributed by atoms with Crippen molar-refractivity contribution in [3.8, 4) is 16.8 Å². The highest BCUT2D eigenvalue weighted by Gasteiger charge is 2.17. The van der Waals surface area contributed by atoms with Gasteiger partial charge in [0, 0.05) is 17.5 Å². The molecule has 0 saturated heterocycles. The minimum Gasteiger partial charge on any atom is -0.394 e. The van der Waals surface area contributed by atoms with Gasteiger partial charge in [0.15, 0.2) is 0 Å². The van der Waals surface area contributed by atoms with Gasteiger partial charge in [0.2, 0.25) is 0 Å². The predicted molar refractivity (Wildman–Crippen MR) is 114 cm³/mol. The first-order valence-electron chi connectivity index (χ1n) is 9.86. The zero-order valence-electron chi connectivity index (χ0n) is 17.6. The minimum atomic E-state index is -0.325. The van der Waals surface area contributed by atoms with Crippen LogP contribution in [-0.2, 0) is 0 Å². The van der Waals surface area contributed by atoms with Gasteiger partial charge in [0.05, 0.1) is 12.3 Å². The van der Waals surface area contributed by atoms with Crippen LogP contribution in [0.3, 0.4) is 0 Å². The molecule has 6 heteroatoms. The molecule has 1 atom stereocenters. The number of aliphatic hydroxyl groups excluding tert-OH is 1. The molecular weight excluding hydrogens is 364 g/mol. The van der Waals surface area contributed by atoms with E-state index in [1.54, 1.807) is 6.92 Å². The molecule has 0 bridgehead atoms. The summed E-state index contributed by atoms with van der Waals surface area (Å²) in [5, 5.41) is 16.7. The Labute approximate surface area is 171 Å². The first kappa shape index (κ1) is 20.7. The van der Waals surface area contributed by atoms with E-state index in [2.05, 4.69) is 41.4 Å². The molecule has 152 valence electrons. The second kappa shape index (κ2) is 8.57. The van der Waals surface area contributed by atoms with Crippen molar-refractivity contribution in [2.24, 2.45) is 0 Å². The van der Waals surface area contributed by atoms with E-state index in [0.29, 0.717) is 11.4 Å². The maximum absolute atomic E-state index is 12.8. The molecule has 6 nitrogen and oxygen atoms in total. The molecule has 0 fully saturated rings. The molecule has 0 saturated carbocycles. The number of benzene rings is 2. The van der Waals surface area contributed by atoms with Crippen LogP contribution in [0.15, 0.2) is 42.5 Å². The summed E-state index contributed by atoms with van der Waals surface area (Å²) in [7, 11) is 0. The van der Waals surface area contributed by atoms with Crippen molar-refractivity contribution in [3.05, 3.63) is 65.2 Å². The second-order valence-corrected chi connectivity index (χ2v) is 7.78. The molecule has 0 aliphatic heterocycles. The smallest absolute Gasteiger partial charge is 0.251 e. The van der Waals surface area contributed by atoms with Crippen LogP contribution < -0.4 is 5.32 Å². The summed E-state index contributed by atoms with van der Waals surface area (Å²) in [6.45, 7) is 9.70. The Balaban J connectivity index is 2.15. The number of hydrogen-bond donors (Lipinski definition) is 2. The number of aryl methyl sites for hydroxylation is 2. The lowest BCUT2D eigenvalue weighted by Crippen LogP contribution is -2.35. The summed E-state index contributed by atoms with van der Waals surface area (Å²) in [5.41, 5.74) is 4.42. The van der Waals surface area contributed by atoms with E-state index in [0.717, 1.165) is 22.6 Å². The van der Waals surface area contributed by atoms with Crippen LogP contribution in [0.5, 0.6) is 0 Å². The monoisotopic (exact) mass is 392 g/mol. The Bertz CT molecular complexity index is 1010. The summed E-state index contributed by atoms with van der Waals surface area (Å²) in [5.74, 6) is 1.49. The lowest BCUT2D eigenvalue weighted by atomic mass is 10.0. The number of aliphatic hydroxyl groups is 1. The van der Waals surface area contributed by atoms with E-state index in [-0.39, 0.29) is 24.5 Å². The quantitative estimate of drug-likeness (QED) is 0.669.